The summed E-state index contributed by atoms with van der Waals surface area (Å²) in [6, 6.07) is 48.3. The maximum Gasteiger partial charge on any atom is 0.164 e. The third kappa shape index (κ3) is 5.46. The Morgan fingerprint density at radius 3 is 1.63 bits per heavy atom. The first-order valence-electron chi connectivity index (χ1n) is 13.2. The molecule has 2 aromatic heterocycles. The van der Waals surface area contributed by atoms with Crippen LogP contribution in [0.3, 0.4) is 0 Å². The molecule has 0 aliphatic rings. The van der Waals surface area contributed by atoms with Crippen molar-refractivity contribution in [1.29, 1.82) is 0 Å². The van der Waals surface area contributed by atoms with E-state index in [-0.39, 0.29) is 20.1 Å². The summed E-state index contributed by atoms with van der Waals surface area (Å²) in [6.45, 7) is 0. The number of rotatable bonds is 5. The van der Waals surface area contributed by atoms with E-state index in [0.29, 0.717) is 17.5 Å². The van der Waals surface area contributed by atoms with E-state index in [2.05, 4.69) is 59.6 Å². The van der Waals surface area contributed by atoms with Crippen molar-refractivity contribution in [2.45, 2.75) is 0 Å². The van der Waals surface area contributed by atoms with Gasteiger partial charge in [-0.3, -0.25) is 0 Å². The molecule has 0 saturated heterocycles. The summed E-state index contributed by atoms with van der Waals surface area (Å²) >= 11 is 0. The molecule has 0 N–H and O–H groups in total. The van der Waals surface area contributed by atoms with E-state index in [1.54, 1.807) is 0 Å². The average Bonchev–Trinajstić information content (AvgIpc) is 3.05. The minimum absolute atomic E-state index is 0. The van der Waals surface area contributed by atoms with Gasteiger partial charge in [0.15, 0.2) is 17.5 Å². The molecule has 5 heteroatoms. The standard InChI is InChI=1S/C36H23N4.Ir/c1-3-11-27(12-4-1)34-38-35(28-13-5-2-6-14-28)40-36(39-34)29-20-18-25(19-21-29)30-15-9-16-31(24-30)33-32-17-8-7-10-26(32)22-23-37-33;/h1-15,17-24H;/q-1;. The largest absolute Gasteiger partial charge is 0.304 e. The minimum Gasteiger partial charge on any atom is -0.304 e. The Bertz CT molecular complexity index is 1880. The van der Waals surface area contributed by atoms with Crippen molar-refractivity contribution in [3.8, 4) is 56.5 Å². The zero-order chi connectivity index (χ0) is 26.7. The fourth-order valence-electron chi connectivity index (χ4n) is 4.87. The van der Waals surface area contributed by atoms with Gasteiger partial charge >= 0.3 is 0 Å². The van der Waals surface area contributed by atoms with Crippen LogP contribution in [0, 0.1) is 6.07 Å². The van der Waals surface area contributed by atoms with Gasteiger partial charge in [-0.25, -0.2) is 15.0 Å². The molecule has 7 rings (SSSR count). The summed E-state index contributed by atoms with van der Waals surface area (Å²) < 4.78 is 0. The maximum absolute atomic E-state index is 4.85. The van der Waals surface area contributed by atoms with Crippen LogP contribution >= 0.6 is 0 Å². The van der Waals surface area contributed by atoms with Crippen LogP contribution in [0.2, 0.25) is 0 Å². The fraction of sp³-hybridized carbons (Fsp3) is 0. The van der Waals surface area contributed by atoms with Crippen molar-refractivity contribution in [3.63, 3.8) is 0 Å². The number of pyridine rings is 1. The first kappa shape index (κ1) is 26.4. The van der Waals surface area contributed by atoms with Crippen LogP contribution in [0.25, 0.3) is 67.3 Å². The first-order chi connectivity index (χ1) is 19.8. The number of fused-ring (bicyclic) bond motifs is 1. The second kappa shape index (κ2) is 11.7. The van der Waals surface area contributed by atoms with Gasteiger partial charge in [0.25, 0.3) is 0 Å². The fourth-order valence-corrected chi connectivity index (χ4v) is 4.87. The number of aromatic nitrogens is 4. The first-order valence-corrected chi connectivity index (χ1v) is 13.2. The normalized spacial score (nSPS) is 10.7. The molecule has 4 nitrogen and oxygen atoms in total. The zero-order valence-electron chi connectivity index (χ0n) is 21.9. The predicted octanol–water partition coefficient (Wildman–Crippen LogP) is 8.55. The molecule has 41 heavy (non-hydrogen) atoms. The van der Waals surface area contributed by atoms with Gasteiger partial charge < -0.3 is 4.98 Å². The van der Waals surface area contributed by atoms with Crippen molar-refractivity contribution >= 4 is 10.8 Å². The minimum atomic E-state index is 0. The molecule has 0 aliphatic carbocycles. The molecule has 0 amide bonds. The molecular formula is C36H23IrN4-. The Morgan fingerprint density at radius 2 is 1.00 bits per heavy atom. The molecule has 0 saturated carbocycles. The van der Waals surface area contributed by atoms with Crippen LogP contribution in [0.5, 0.6) is 0 Å². The van der Waals surface area contributed by atoms with Gasteiger partial charge in [-0.05, 0) is 28.1 Å². The molecule has 197 valence electrons. The van der Waals surface area contributed by atoms with Gasteiger partial charge in [-0.1, -0.05) is 109 Å². The van der Waals surface area contributed by atoms with Gasteiger partial charge in [0.1, 0.15) is 0 Å². The number of hydrogen-bond acceptors (Lipinski definition) is 4. The third-order valence-corrected chi connectivity index (χ3v) is 6.91. The molecule has 0 atom stereocenters. The summed E-state index contributed by atoms with van der Waals surface area (Å²) in [6.07, 6.45) is 1.86. The molecule has 7 aromatic rings. The van der Waals surface area contributed by atoms with Crippen molar-refractivity contribution in [2.75, 3.05) is 0 Å². The predicted molar refractivity (Wildman–Crippen MR) is 161 cm³/mol. The third-order valence-electron chi connectivity index (χ3n) is 6.91. The summed E-state index contributed by atoms with van der Waals surface area (Å²) in [4.78, 5) is 19.2. The topological polar surface area (TPSA) is 51.6 Å². The van der Waals surface area contributed by atoms with Gasteiger partial charge in [0.2, 0.25) is 0 Å². The van der Waals surface area contributed by atoms with E-state index >= 15 is 0 Å². The molecule has 0 spiro atoms. The second-order valence-corrected chi connectivity index (χ2v) is 9.49. The number of hydrogen-bond donors (Lipinski definition) is 0. The van der Waals surface area contributed by atoms with Crippen molar-refractivity contribution in [2.24, 2.45) is 0 Å². The van der Waals surface area contributed by atoms with Crippen LogP contribution in [-0.4, -0.2) is 19.9 Å². The molecule has 1 radical (unpaired) electrons. The average molecular weight is 704 g/mol. The van der Waals surface area contributed by atoms with Crippen LogP contribution < -0.4 is 0 Å². The Hall–Kier alpha value is -4.83. The van der Waals surface area contributed by atoms with Crippen LogP contribution in [-0.2, 0) is 20.1 Å². The molecule has 2 heterocycles. The Balaban J connectivity index is 0.00000302. The Labute approximate surface area is 252 Å². The van der Waals surface area contributed by atoms with Crippen LogP contribution in [0.4, 0.5) is 0 Å². The summed E-state index contributed by atoms with van der Waals surface area (Å²) in [7, 11) is 0. The van der Waals surface area contributed by atoms with Gasteiger partial charge in [0.05, 0.1) is 0 Å². The Morgan fingerprint density at radius 1 is 0.463 bits per heavy atom. The number of nitrogens with zero attached hydrogens (tertiary/aromatic N) is 4. The van der Waals surface area contributed by atoms with Crippen molar-refractivity contribution in [3.05, 3.63) is 146 Å². The van der Waals surface area contributed by atoms with Crippen molar-refractivity contribution in [1.82, 2.24) is 19.9 Å². The maximum atomic E-state index is 4.85. The SMILES string of the molecule is [Ir].[c-]1ccc(-c2ccc(-c3nc(-c4ccccc4)nc(-c4ccccc4)n3)cc2)cc1-c1nccc2ccccc12. The van der Waals surface area contributed by atoms with E-state index < -0.39 is 0 Å². The van der Waals surface area contributed by atoms with Gasteiger partial charge in [-0.15, -0.1) is 35.4 Å². The van der Waals surface area contributed by atoms with Gasteiger partial charge in [-0.2, -0.15) is 0 Å². The smallest absolute Gasteiger partial charge is 0.164 e. The van der Waals surface area contributed by atoms with Gasteiger partial charge in [0, 0.05) is 43.0 Å². The summed E-state index contributed by atoms with van der Waals surface area (Å²) in [5, 5.41) is 2.28. The molecule has 0 aliphatic heterocycles. The summed E-state index contributed by atoms with van der Waals surface area (Å²) in [5.74, 6) is 1.94. The molecule has 0 bridgehead atoms. The quantitative estimate of drug-likeness (QED) is 0.169. The number of benzene rings is 5. The van der Waals surface area contributed by atoms with E-state index in [0.717, 1.165) is 49.8 Å². The van der Waals surface area contributed by atoms with Crippen LogP contribution in [0.1, 0.15) is 0 Å². The zero-order valence-corrected chi connectivity index (χ0v) is 24.3. The van der Waals surface area contributed by atoms with E-state index in [1.165, 1.54) is 0 Å². The van der Waals surface area contributed by atoms with E-state index in [9.17, 15) is 0 Å². The van der Waals surface area contributed by atoms with E-state index in [1.807, 2.05) is 91.1 Å². The second-order valence-electron chi connectivity index (χ2n) is 9.49. The van der Waals surface area contributed by atoms with Crippen LogP contribution in [0.15, 0.2) is 140 Å². The van der Waals surface area contributed by atoms with Crippen molar-refractivity contribution < 1.29 is 20.1 Å². The monoisotopic (exact) mass is 704 g/mol. The molecule has 0 fully saturated rings. The molecule has 5 aromatic carbocycles. The molecule has 0 unspecified atom stereocenters. The van der Waals surface area contributed by atoms with E-state index in [4.69, 9.17) is 15.0 Å². The summed E-state index contributed by atoms with van der Waals surface area (Å²) in [5.41, 5.74) is 6.93. The molecular weight excluding hydrogens is 681 g/mol. The Kier molecular flexibility index (Phi) is 7.55.